The molecule has 0 amide bonds. The van der Waals surface area contributed by atoms with Crippen molar-refractivity contribution in [3.63, 3.8) is 0 Å². The topological polar surface area (TPSA) is 29.5 Å². The van der Waals surface area contributed by atoms with E-state index < -0.39 is 7.12 Å². The monoisotopic (exact) mass is 278 g/mol. The summed E-state index contributed by atoms with van der Waals surface area (Å²) in [6.07, 6.45) is 0. The summed E-state index contributed by atoms with van der Waals surface area (Å²) < 4.78 is 5.20. The van der Waals surface area contributed by atoms with E-state index in [4.69, 9.17) is 16.3 Å². The van der Waals surface area contributed by atoms with Gasteiger partial charge in [0.2, 0.25) is 0 Å². The minimum Gasteiger partial charge on any atom is -0.423 e. The Bertz CT molecular complexity index is 624. The van der Waals surface area contributed by atoms with Gasteiger partial charge in [0.15, 0.2) is 0 Å². The smallest absolute Gasteiger partial charge is 0.423 e. The van der Waals surface area contributed by atoms with E-state index in [1.807, 2.05) is 12.1 Å². The number of hydrogen-bond donors (Lipinski definition) is 1. The summed E-state index contributed by atoms with van der Waals surface area (Å²) in [6.45, 7) is 4.60. The molecule has 1 aromatic carbocycles. The average Bonchev–Trinajstić information content (AvgIpc) is 2.82. The van der Waals surface area contributed by atoms with Gasteiger partial charge in [-0.2, -0.15) is 0 Å². The van der Waals surface area contributed by atoms with Crippen molar-refractivity contribution in [3.8, 4) is 11.1 Å². The predicted octanol–water partition coefficient (Wildman–Crippen LogP) is 2.90. The fraction of sp³-hybridized carbons (Fsp3) is 0.231. The van der Waals surface area contributed by atoms with Crippen LogP contribution < -0.4 is 5.46 Å². The van der Waals surface area contributed by atoms with Crippen molar-refractivity contribution in [1.29, 1.82) is 0 Å². The maximum atomic E-state index is 9.76. The number of rotatable bonds is 1. The van der Waals surface area contributed by atoms with Crippen LogP contribution in [0.2, 0.25) is 5.02 Å². The molecule has 2 nitrogen and oxygen atoms in total. The van der Waals surface area contributed by atoms with Gasteiger partial charge in [-0.05, 0) is 42.6 Å². The van der Waals surface area contributed by atoms with Crippen LogP contribution in [0, 0.1) is 13.8 Å². The Hall–Kier alpha value is -0.805. The molecule has 92 valence electrons. The zero-order valence-electron chi connectivity index (χ0n) is 10.2. The molecule has 3 rings (SSSR count). The van der Waals surface area contributed by atoms with Crippen LogP contribution in [0.4, 0.5) is 0 Å². The van der Waals surface area contributed by atoms with E-state index in [0.717, 1.165) is 22.2 Å². The van der Waals surface area contributed by atoms with E-state index in [9.17, 15) is 5.02 Å². The molecule has 1 aliphatic rings. The molecule has 18 heavy (non-hydrogen) atoms. The molecule has 0 atom stereocenters. The highest BCUT2D eigenvalue weighted by Crippen LogP contribution is 2.35. The Labute approximate surface area is 115 Å². The van der Waals surface area contributed by atoms with Gasteiger partial charge in [0.05, 0.1) is 6.61 Å². The predicted molar refractivity (Wildman–Crippen MR) is 76.6 cm³/mol. The molecule has 1 aromatic heterocycles. The summed E-state index contributed by atoms with van der Waals surface area (Å²) in [5, 5.41) is 10.5. The molecule has 0 saturated carbocycles. The number of hydrogen-bond acceptors (Lipinski definition) is 3. The Kier molecular flexibility index (Phi) is 2.98. The third-order valence-electron chi connectivity index (χ3n) is 3.22. The summed E-state index contributed by atoms with van der Waals surface area (Å²) in [5.41, 5.74) is 3.92. The quantitative estimate of drug-likeness (QED) is 0.813. The zero-order valence-corrected chi connectivity index (χ0v) is 11.7. The molecule has 0 unspecified atom stereocenters. The Morgan fingerprint density at radius 2 is 2.06 bits per heavy atom. The van der Waals surface area contributed by atoms with Crippen molar-refractivity contribution in [2.24, 2.45) is 0 Å². The SMILES string of the molecule is Cc1cc(-c2cc3c(cc2Cl)COB3O)c(C)s1. The summed E-state index contributed by atoms with van der Waals surface area (Å²) in [6, 6.07) is 5.98. The van der Waals surface area contributed by atoms with Crippen molar-refractivity contribution in [2.45, 2.75) is 20.5 Å². The lowest BCUT2D eigenvalue weighted by Gasteiger charge is -2.07. The average molecular weight is 279 g/mol. The van der Waals surface area contributed by atoms with Gasteiger partial charge < -0.3 is 9.68 Å². The fourth-order valence-electron chi connectivity index (χ4n) is 2.35. The van der Waals surface area contributed by atoms with Crippen molar-refractivity contribution in [1.82, 2.24) is 0 Å². The second kappa shape index (κ2) is 4.39. The normalized spacial score (nSPS) is 14.1. The molecule has 0 aliphatic carbocycles. The molecule has 0 fully saturated rings. The first-order chi connectivity index (χ1) is 8.56. The van der Waals surface area contributed by atoms with Gasteiger partial charge in [0.25, 0.3) is 0 Å². The van der Waals surface area contributed by atoms with Crippen molar-refractivity contribution >= 4 is 35.5 Å². The van der Waals surface area contributed by atoms with Gasteiger partial charge in [-0.1, -0.05) is 17.7 Å². The summed E-state index contributed by atoms with van der Waals surface area (Å²) in [4.78, 5) is 2.50. The third kappa shape index (κ3) is 1.90. The van der Waals surface area contributed by atoms with Gasteiger partial charge in [-0.15, -0.1) is 11.3 Å². The van der Waals surface area contributed by atoms with Crippen LogP contribution in [-0.4, -0.2) is 12.1 Å². The first-order valence-electron chi connectivity index (χ1n) is 5.75. The Balaban J connectivity index is 2.18. The molecular weight excluding hydrogens is 266 g/mol. The minimum absolute atomic E-state index is 0.429. The lowest BCUT2D eigenvalue weighted by atomic mass is 9.78. The van der Waals surface area contributed by atoms with Crippen LogP contribution in [0.1, 0.15) is 15.3 Å². The second-order valence-electron chi connectivity index (χ2n) is 4.52. The summed E-state index contributed by atoms with van der Waals surface area (Å²) in [7, 11) is -0.823. The van der Waals surface area contributed by atoms with Crippen LogP contribution in [0.3, 0.4) is 0 Å². The van der Waals surface area contributed by atoms with E-state index in [1.165, 1.54) is 9.75 Å². The maximum Gasteiger partial charge on any atom is 0.491 e. The molecule has 0 radical (unpaired) electrons. The number of thiophene rings is 1. The molecule has 1 aliphatic heterocycles. The number of fused-ring (bicyclic) bond motifs is 1. The van der Waals surface area contributed by atoms with E-state index >= 15 is 0 Å². The maximum absolute atomic E-state index is 9.76. The van der Waals surface area contributed by atoms with Gasteiger partial charge in [-0.3, -0.25) is 0 Å². The Morgan fingerprint density at radius 3 is 2.72 bits per heavy atom. The first kappa shape index (κ1) is 12.2. The second-order valence-corrected chi connectivity index (χ2v) is 6.39. The van der Waals surface area contributed by atoms with Gasteiger partial charge in [0.1, 0.15) is 0 Å². The van der Waals surface area contributed by atoms with Crippen molar-refractivity contribution in [3.05, 3.63) is 38.5 Å². The van der Waals surface area contributed by atoms with E-state index in [0.29, 0.717) is 11.6 Å². The lowest BCUT2D eigenvalue weighted by molar-refractivity contribution is 0.275. The number of halogens is 1. The summed E-state index contributed by atoms with van der Waals surface area (Å²) in [5.74, 6) is 0. The highest BCUT2D eigenvalue weighted by atomic mass is 35.5. The van der Waals surface area contributed by atoms with E-state index in [-0.39, 0.29) is 0 Å². The van der Waals surface area contributed by atoms with E-state index in [2.05, 4.69) is 19.9 Å². The molecule has 5 heteroatoms. The van der Waals surface area contributed by atoms with Gasteiger partial charge >= 0.3 is 7.12 Å². The number of aryl methyl sites for hydroxylation is 2. The summed E-state index contributed by atoms with van der Waals surface area (Å²) >= 11 is 8.09. The fourth-order valence-corrected chi connectivity index (χ4v) is 3.58. The molecule has 2 aromatic rings. The molecule has 0 saturated heterocycles. The minimum atomic E-state index is -0.823. The van der Waals surface area contributed by atoms with Crippen LogP contribution in [-0.2, 0) is 11.3 Å². The molecule has 0 bridgehead atoms. The lowest BCUT2D eigenvalue weighted by Crippen LogP contribution is -2.28. The Morgan fingerprint density at radius 1 is 1.28 bits per heavy atom. The molecule has 2 heterocycles. The van der Waals surface area contributed by atoms with Crippen molar-refractivity contribution in [2.75, 3.05) is 0 Å². The van der Waals surface area contributed by atoms with Crippen LogP contribution >= 0.6 is 22.9 Å². The van der Waals surface area contributed by atoms with E-state index in [1.54, 1.807) is 11.3 Å². The van der Waals surface area contributed by atoms with Crippen molar-refractivity contribution < 1.29 is 9.68 Å². The van der Waals surface area contributed by atoms with Gasteiger partial charge in [0, 0.05) is 20.3 Å². The third-order valence-corrected chi connectivity index (χ3v) is 4.50. The van der Waals surface area contributed by atoms with Crippen LogP contribution in [0.15, 0.2) is 18.2 Å². The van der Waals surface area contributed by atoms with Crippen LogP contribution in [0.5, 0.6) is 0 Å². The highest BCUT2D eigenvalue weighted by Gasteiger charge is 2.28. The zero-order chi connectivity index (χ0) is 12.9. The first-order valence-corrected chi connectivity index (χ1v) is 6.95. The molecule has 0 spiro atoms. The molecular formula is C13H12BClO2S. The molecule has 1 N–H and O–H groups in total. The van der Waals surface area contributed by atoms with Gasteiger partial charge in [-0.25, -0.2) is 0 Å². The highest BCUT2D eigenvalue weighted by molar-refractivity contribution is 7.12. The largest absolute Gasteiger partial charge is 0.491 e. The standard InChI is InChI=1S/C13H12BClO2S/c1-7-3-10(8(2)18-7)11-5-12-9(4-13(11)15)6-17-14(12)16/h3-5,16H,6H2,1-2H3. The number of benzene rings is 1. The van der Waals surface area contributed by atoms with Crippen LogP contribution in [0.25, 0.3) is 11.1 Å².